The Balaban J connectivity index is 1.99. The Kier molecular flexibility index (Phi) is 8.67. The molecular formula is C19H28N4O5. The second-order valence-corrected chi connectivity index (χ2v) is 6.50. The maximum atomic E-state index is 11.9. The molecule has 154 valence electrons. The van der Waals surface area contributed by atoms with E-state index in [2.05, 4.69) is 15.2 Å². The van der Waals surface area contributed by atoms with Crippen molar-refractivity contribution < 1.29 is 19.2 Å². The Bertz CT molecular complexity index is 669. The second-order valence-electron chi connectivity index (χ2n) is 6.50. The number of non-ortho nitro benzene ring substituents is 1. The van der Waals surface area contributed by atoms with Crippen LogP contribution in [0.3, 0.4) is 0 Å². The first-order valence-electron chi connectivity index (χ1n) is 9.47. The summed E-state index contributed by atoms with van der Waals surface area (Å²) in [4.78, 5) is 29.0. The maximum Gasteiger partial charge on any atom is 0.309 e. The summed E-state index contributed by atoms with van der Waals surface area (Å²) in [5.74, 6) is 0.558. The molecule has 28 heavy (non-hydrogen) atoms. The summed E-state index contributed by atoms with van der Waals surface area (Å²) in [5, 5.41) is 14.0. The van der Waals surface area contributed by atoms with Gasteiger partial charge in [-0.2, -0.15) is 0 Å². The number of benzene rings is 1. The molecule has 1 N–H and O–H groups in total. The third-order valence-corrected chi connectivity index (χ3v) is 4.56. The van der Waals surface area contributed by atoms with Crippen LogP contribution in [0.15, 0.2) is 29.3 Å². The number of likely N-dealkylation sites (tertiary alicyclic amines) is 1. The molecule has 0 radical (unpaired) electrons. The highest BCUT2D eigenvalue weighted by atomic mass is 16.6. The average Bonchev–Trinajstić information content (AvgIpc) is 2.71. The summed E-state index contributed by atoms with van der Waals surface area (Å²) >= 11 is 0. The summed E-state index contributed by atoms with van der Waals surface area (Å²) in [6.07, 6.45) is 1.45. The van der Waals surface area contributed by atoms with Crippen LogP contribution >= 0.6 is 0 Å². The number of guanidine groups is 1. The van der Waals surface area contributed by atoms with Crippen LogP contribution < -0.4 is 5.32 Å². The van der Waals surface area contributed by atoms with Gasteiger partial charge in [-0.3, -0.25) is 14.9 Å². The molecule has 0 bridgehead atoms. The molecule has 0 saturated carbocycles. The van der Waals surface area contributed by atoms with Gasteiger partial charge < -0.3 is 19.7 Å². The quantitative estimate of drug-likeness (QED) is 0.180. The monoisotopic (exact) mass is 392 g/mol. The van der Waals surface area contributed by atoms with E-state index >= 15 is 0 Å². The summed E-state index contributed by atoms with van der Waals surface area (Å²) < 4.78 is 10.2. The van der Waals surface area contributed by atoms with Crippen molar-refractivity contribution in [2.45, 2.75) is 26.3 Å². The molecule has 0 atom stereocenters. The van der Waals surface area contributed by atoms with Crippen LogP contribution in [-0.2, 0) is 20.8 Å². The number of esters is 1. The van der Waals surface area contributed by atoms with Gasteiger partial charge in [-0.1, -0.05) is 12.1 Å². The van der Waals surface area contributed by atoms with Crippen LogP contribution in [0.1, 0.15) is 25.3 Å². The highest BCUT2D eigenvalue weighted by Crippen LogP contribution is 2.19. The molecule has 0 aromatic heterocycles. The van der Waals surface area contributed by atoms with Gasteiger partial charge in [0.15, 0.2) is 5.96 Å². The van der Waals surface area contributed by atoms with Crippen LogP contribution in [0.5, 0.6) is 0 Å². The lowest BCUT2D eigenvalue weighted by molar-refractivity contribution is -0.384. The van der Waals surface area contributed by atoms with E-state index in [0.717, 1.165) is 24.4 Å². The molecule has 1 aliphatic rings. The van der Waals surface area contributed by atoms with Crippen molar-refractivity contribution >= 4 is 17.6 Å². The Hall–Kier alpha value is -2.68. The standard InChI is InChI=1S/C19H28N4O5/c1-3-28-18(24)16-8-11-22(12-9-16)19(20-10-13-27-2)21-14-15-4-6-17(7-5-15)23(25)26/h4-7,16H,3,8-14H2,1-2H3,(H,20,21). The predicted molar refractivity (Wildman–Crippen MR) is 105 cm³/mol. The number of hydrogen-bond donors (Lipinski definition) is 1. The number of nitro benzene ring substituents is 1. The number of carbonyl (C=O) groups is 1. The van der Waals surface area contributed by atoms with E-state index in [-0.39, 0.29) is 17.6 Å². The maximum absolute atomic E-state index is 11.9. The minimum Gasteiger partial charge on any atom is -0.466 e. The van der Waals surface area contributed by atoms with Crippen molar-refractivity contribution in [2.75, 3.05) is 40.0 Å². The first kappa shape index (κ1) is 21.6. The number of nitrogens with one attached hydrogen (secondary N) is 1. The summed E-state index contributed by atoms with van der Waals surface area (Å²) in [6, 6.07) is 6.38. The first-order valence-corrected chi connectivity index (χ1v) is 9.47. The Morgan fingerprint density at radius 2 is 2.00 bits per heavy atom. The van der Waals surface area contributed by atoms with Gasteiger partial charge in [0.25, 0.3) is 5.69 Å². The highest BCUT2D eigenvalue weighted by Gasteiger charge is 2.27. The van der Waals surface area contributed by atoms with Crippen molar-refractivity contribution in [2.24, 2.45) is 10.9 Å². The Labute approximate surface area is 164 Å². The van der Waals surface area contributed by atoms with E-state index in [1.807, 2.05) is 6.92 Å². The molecule has 2 rings (SSSR count). The van der Waals surface area contributed by atoms with Crippen LogP contribution in [0.4, 0.5) is 5.69 Å². The average molecular weight is 392 g/mol. The molecule has 1 saturated heterocycles. The van der Waals surface area contributed by atoms with Crippen molar-refractivity contribution in [1.82, 2.24) is 10.2 Å². The number of carbonyl (C=O) groups excluding carboxylic acids is 1. The summed E-state index contributed by atoms with van der Waals surface area (Å²) in [6.45, 7) is 5.22. The van der Waals surface area contributed by atoms with Gasteiger partial charge in [-0.25, -0.2) is 4.99 Å². The van der Waals surface area contributed by atoms with E-state index in [9.17, 15) is 14.9 Å². The van der Waals surface area contributed by atoms with E-state index in [0.29, 0.717) is 39.4 Å². The van der Waals surface area contributed by atoms with Gasteiger partial charge >= 0.3 is 5.97 Å². The van der Waals surface area contributed by atoms with Crippen LogP contribution in [-0.4, -0.2) is 61.7 Å². The number of hydrogen-bond acceptors (Lipinski definition) is 6. The van der Waals surface area contributed by atoms with Gasteiger partial charge in [0.1, 0.15) is 0 Å². The lowest BCUT2D eigenvalue weighted by atomic mass is 9.97. The van der Waals surface area contributed by atoms with Gasteiger partial charge in [0.05, 0.1) is 30.6 Å². The molecule has 1 aromatic rings. The number of nitrogens with zero attached hydrogens (tertiary/aromatic N) is 3. The van der Waals surface area contributed by atoms with Crippen LogP contribution in [0.25, 0.3) is 0 Å². The zero-order valence-electron chi connectivity index (χ0n) is 16.4. The molecule has 0 unspecified atom stereocenters. The molecule has 9 heteroatoms. The lowest BCUT2D eigenvalue weighted by Crippen LogP contribution is -2.47. The van der Waals surface area contributed by atoms with E-state index < -0.39 is 4.92 Å². The third kappa shape index (κ3) is 6.49. The normalized spacial score (nSPS) is 15.4. The molecule has 1 aromatic carbocycles. The smallest absolute Gasteiger partial charge is 0.309 e. The fraction of sp³-hybridized carbons (Fsp3) is 0.579. The van der Waals surface area contributed by atoms with E-state index in [1.165, 1.54) is 12.1 Å². The van der Waals surface area contributed by atoms with E-state index in [4.69, 9.17) is 9.47 Å². The van der Waals surface area contributed by atoms with Gasteiger partial charge in [0, 0.05) is 38.9 Å². The number of piperidine rings is 1. The summed E-state index contributed by atoms with van der Waals surface area (Å²) in [5.41, 5.74) is 0.949. The minimum absolute atomic E-state index is 0.0622. The Morgan fingerprint density at radius 3 is 2.57 bits per heavy atom. The number of aliphatic imine (C=N–C) groups is 1. The number of methoxy groups -OCH3 is 1. The summed E-state index contributed by atoms with van der Waals surface area (Å²) in [7, 11) is 1.64. The van der Waals surface area contributed by atoms with Gasteiger partial charge in [0.2, 0.25) is 0 Å². The van der Waals surface area contributed by atoms with E-state index in [1.54, 1.807) is 19.2 Å². The van der Waals surface area contributed by atoms with Crippen LogP contribution in [0.2, 0.25) is 0 Å². The predicted octanol–water partition coefficient (Wildman–Crippen LogP) is 1.96. The molecule has 0 amide bonds. The van der Waals surface area contributed by atoms with Crippen molar-refractivity contribution in [1.29, 1.82) is 0 Å². The zero-order valence-corrected chi connectivity index (χ0v) is 16.4. The molecule has 1 heterocycles. The molecule has 1 fully saturated rings. The van der Waals surface area contributed by atoms with Crippen molar-refractivity contribution in [3.63, 3.8) is 0 Å². The molecule has 0 spiro atoms. The fourth-order valence-corrected chi connectivity index (χ4v) is 3.01. The fourth-order valence-electron chi connectivity index (χ4n) is 3.01. The SMILES string of the molecule is CCOC(=O)C1CCN(C(=NCc2ccc([N+](=O)[O-])cc2)NCCOC)CC1. The number of rotatable bonds is 8. The topological polar surface area (TPSA) is 106 Å². The lowest BCUT2D eigenvalue weighted by Gasteiger charge is -2.33. The highest BCUT2D eigenvalue weighted by molar-refractivity contribution is 5.80. The number of nitro groups is 1. The Morgan fingerprint density at radius 1 is 1.32 bits per heavy atom. The zero-order chi connectivity index (χ0) is 20.4. The first-order chi connectivity index (χ1) is 13.5. The van der Waals surface area contributed by atoms with Gasteiger partial charge in [-0.05, 0) is 25.3 Å². The number of ether oxygens (including phenoxy) is 2. The van der Waals surface area contributed by atoms with Crippen molar-refractivity contribution in [3.05, 3.63) is 39.9 Å². The molecule has 9 nitrogen and oxygen atoms in total. The molecule has 1 aliphatic heterocycles. The molecular weight excluding hydrogens is 364 g/mol. The minimum atomic E-state index is -0.418. The second kappa shape index (κ2) is 11.2. The largest absolute Gasteiger partial charge is 0.466 e. The molecule has 0 aliphatic carbocycles. The third-order valence-electron chi connectivity index (χ3n) is 4.56. The van der Waals surface area contributed by atoms with Crippen LogP contribution in [0, 0.1) is 16.0 Å². The van der Waals surface area contributed by atoms with Gasteiger partial charge in [-0.15, -0.1) is 0 Å². The van der Waals surface area contributed by atoms with Crippen molar-refractivity contribution in [3.8, 4) is 0 Å².